The monoisotopic (exact) mass is 734 g/mol. The number of nitrogens with zero attached hydrogens (tertiary/aromatic N) is 1. The molecule has 0 fully saturated rings. The lowest BCUT2D eigenvalue weighted by Gasteiger charge is -2.22. The lowest BCUT2D eigenvalue weighted by atomic mass is 10.0. The van der Waals surface area contributed by atoms with E-state index in [-0.39, 0.29) is 24.6 Å². The topological polar surface area (TPSA) is 76.1 Å². The van der Waals surface area contributed by atoms with Crippen molar-refractivity contribution in [2.75, 3.05) is 32.8 Å². The predicted octanol–water partition coefficient (Wildman–Crippen LogP) is 12.7. The Morgan fingerprint density at radius 1 is 0.500 bits per heavy atom. The van der Waals surface area contributed by atoms with Crippen LogP contribution in [0.1, 0.15) is 233 Å². The van der Waals surface area contributed by atoms with E-state index in [2.05, 4.69) is 37.5 Å². The molecule has 6 nitrogen and oxygen atoms in total. The molecule has 0 aromatic rings. The lowest BCUT2D eigenvalue weighted by Crippen LogP contribution is -2.27. The van der Waals surface area contributed by atoms with Gasteiger partial charge in [0.15, 0.2) is 0 Å². The average Bonchev–Trinajstić information content (AvgIpc) is 3.14. The molecule has 0 bridgehead atoms. The summed E-state index contributed by atoms with van der Waals surface area (Å²) in [4.78, 5) is 27.3. The summed E-state index contributed by atoms with van der Waals surface area (Å²) < 4.78 is 11.4. The molecular weight excluding hydrogens is 647 g/mol. The molecule has 0 aromatic heterocycles. The Labute approximate surface area is 323 Å². The van der Waals surface area contributed by atoms with Gasteiger partial charge in [0.2, 0.25) is 0 Å². The maximum Gasteiger partial charge on any atom is 0.306 e. The molecule has 0 radical (unpaired) electrons. The number of hydrogen-bond donors (Lipinski definition) is 1. The number of rotatable bonds is 40. The largest absolute Gasteiger partial charge is 0.465 e. The maximum atomic E-state index is 12.7. The third-order valence-electron chi connectivity index (χ3n) is 10.2. The smallest absolute Gasteiger partial charge is 0.306 e. The van der Waals surface area contributed by atoms with E-state index in [0.717, 1.165) is 90.3 Å². The van der Waals surface area contributed by atoms with Crippen LogP contribution in [-0.2, 0) is 19.1 Å². The van der Waals surface area contributed by atoms with Crippen LogP contribution in [-0.4, -0.2) is 60.9 Å². The Morgan fingerprint density at radius 3 is 1.46 bits per heavy atom. The van der Waals surface area contributed by atoms with Crippen LogP contribution in [0.3, 0.4) is 0 Å². The van der Waals surface area contributed by atoms with Crippen molar-refractivity contribution in [2.45, 2.75) is 239 Å². The molecule has 0 aromatic carbocycles. The summed E-state index contributed by atoms with van der Waals surface area (Å²) in [5.74, 6) is 6.20. The van der Waals surface area contributed by atoms with Crippen LogP contribution in [0.25, 0.3) is 0 Å². The van der Waals surface area contributed by atoms with Crippen LogP contribution in [0.4, 0.5) is 0 Å². The van der Waals surface area contributed by atoms with Crippen LogP contribution in [0.5, 0.6) is 0 Å². The van der Waals surface area contributed by atoms with Crippen molar-refractivity contribution in [1.82, 2.24) is 4.90 Å². The van der Waals surface area contributed by atoms with E-state index < -0.39 is 0 Å². The summed E-state index contributed by atoms with van der Waals surface area (Å²) in [6, 6.07) is 0. The first-order valence-corrected chi connectivity index (χ1v) is 22.7. The third-order valence-corrected chi connectivity index (χ3v) is 10.2. The standard InChI is InChI=1S/C46H87NO5/c1-4-7-10-13-16-25-34-43-51-45(49)37-28-21-17-23-30-39-47(41-32-33-42-48)40-31-24-18-22-29-38-46(50)52-44(35-26-19-14-11-8-5-2)36-27-20-15-12-9-6-3/h44,48H,4-15,17-24,26-43H2,1-3H3. The zero-order valence-corrected chi connectivity index (χ0v) is 35.0. The highest BCUT2D eigenvalue weighted by atomic mass is 16.5. The van der Waals surface area contributed by atoms with Gasteiger partial charge in [0.05, 0.1) is 0 Å². The first kappa shape index (κ1) is 50.4. The van der Waals surface area contributed by atoms with Gasteiger partial charge in [-0.2, -0.15) is 0 Å². The molecule has 0 atom stereocenters. The third kappa shape index (κ3) is 38.2. The molecule has 1 N–H and O–H groups in total. The number of aliphatic hydroxyl groups excluding tert-OH is 1. The average molecular weight is 734 g/mol. The predicted molar refractivity (Wildman–Crippen MR) is 222 cm³/mol. The molecule has 306 valence electrons. The van der Waals surface area contributed by atoms with E-state index >= 15 is 0 Å². The summed E-state index contributed by atoms with van der Waals surface area (Å²) in [5, 5.41) is 9.26. The lowest BCUT2D eigenvalue weighted by molar-refractivity contribution is -0.150. The van der Waals surface area contributed by atoms with Gasteiger partial charge in [-0.05, 0) is 90.3 Å². The highest BCUT2D eigenvalue weighted by molar-refractivity contribution is 5.69. The summed E-state index contributed by atoms with van der Waals surface area (Å²) in [6.45, 7) is 10.7. The first-order chi connectivity index (χ1) is 25.6. The second-order valence-electron chi connectivity index (χ2n) is 15.3. The Hall–Kier alpha value is -1.58. The van der Waals surface area contributed by atoms with Crippen LogP contribution in [0.2, 0.25) is 0 Å². The number of esters is 2. The van der Waals surface area contributed by atoms with Gasteiger partial charge >= 0.3 is 11.9 Å². The molecule has 0 amide bonds. The minimum Gasteiger partial charge on any atom is -0.465 e. The van der Waals surface area contributed by atoms with Gasteiger partial charge in [-0.25, -0.2) is 0 Å². The van der Waals surface area contributed by atoms with Gasteiger partial charge < -0.3 is 19.5 Å². The van der Waals surface area contributed by atoms with Gasteiger partial charge in [-0.1, -0.05) is 142 Å². The fourth-order valence-corrected chi connectivity index (χ4v) is 6.79. The van der Waals surface area contributed by atoms with Crippen molar-refractivity contribution in [1.29, 1.82) is 0 Å². The zero-order chi connectivity index (χ0) is 38.0. The summed E-state index contributed by atoms with van der Waals surface area (Å²) in [6.07, 6.45) is 36.9. The summed E-state index contributed by atoms with van der Waals surface area (Å²) in [5.41, 5.74) is 0. The van der Waals surface area contributed by atoms with Crippen molar-refractivity contribution < 1.29 is 24.2 Å². The molecule has 0 aliphatic heterocycles. The fourth-order valence-electron chi connectivity index (χ4n) is 6.79. The summed E-state index contributed by atoms with van der Waals surface area (Å²) >= 11 is 0. The van der Waals surface area contributed by atoms with Crippen molar-refractivity contribution in [3.05, 3.63) is 0 Å². The van der Waals surface area contributed by atoms with Crippen molar-refractivity contribution in [3.63, 3.8) is 0 Å². The molecular formula is C46H87NO5. The van der Waals surface area contributed by atoms with Gasteiger partial charge in [0, 0.05) is 32.3 Å². The van der Waals surface area contributed by atoms with Gasteiger partial charge in [0.25, 0.3) is 0 Å². The van der Waals surface area contributed by atoms with Crippen molar-refractivity contribution in [2.24, 2.45) is 0 Å². The number of hydrogen-bond acceptors (Lipinski definition) is 6. The molecule has 0 heterocycles. The van der Waals surface area contributed by atoms with Crippen LogP contribution < -0.4 is 0 Å². The van der Waals surface area contributed by atoms with Crippen LogP contribution >= 0.6 is 0 Å². The normalized spacial score (nSPS) is 11.3. The Bertz CT molecular complexity index is 805. The minimum absolute atomic E-state index is 0.0195. The molecule has 0 aliphatic carbocycles. The maximum absolute atomic E-state index is 12.7. The Balaban J connectivity index is 4.13. The minimum atomic E-state index is -0.0889. The quantitative estimate of drug-likeness (QED) is 0.0384. The van der Waals surface area contributed by atoms with Gasteiger partial charge in [0.1, 0.15) is 12.7 Å². The fraction of sp³-hybridized carbons (Fsp3) is 0.913. The van der Waals surface area contributed by atoms with Gasteiger partial charge in [-0.3, -0.25) is 9.59 Å². The molecule has 0 saturated carbocycles. The number of carbonyl (C=O) groups excluding carboxylic acids is 2. The number of aliphatic hydroxyl groups is 1. The Morgan fingerprint density at radius 2 is 0.923 bits per heavy atom. The first-order valence-electron chi connectivity index (χ1n) is 22.7. The van der Waals surface area contributed by atoms with E-state index in [0.29, 0.717) is 25.9 Å². The summed E-state index contributed by atoms with van der Waals surface area (Å²) in [7, 11) is 0. The number of unbranched alkanes of at least 4 members (excludes halogenated alkanes) is 22. The Kier molecular flexibility index (Phi) is 40.9. The zero-order valence-electron chi connectivity index (χ0n) is 35.0. The van der Waals surface area contributed by atoms with E-state index in [1.807, 2.05) is 0 Å². The second kappa shape index (κ2) is 42.2. The molecule has 0 aliphatic rings. The molecule has 0 rings (SSSR count). The highest BCUT2D eigenvalue weighted by Gasteiger charge is 2.14. The number of carbonyl (C=O) groups is 2. The van der Waals surface area contributed by atoms with Crippen molar-refractivity contribution in [3.8, 4) is 11.8 Å². The van der Waals surface area contributed by atoms with E-state index in [9.17, 15) is 14.7 Å². The number of ether oxygens (including phenoxy) is 2. The molecule has 0 unspecified atom stereocenters. The highest BCUT2D eigenvalue weighted by Crippen LogP contribution is 2.18. The second-order valence-corrected chi connectivity index (χ2v) is 15.3. The van der Waals surface area contributed by atoms with E-state index in [1.165, 1.54) is 122 Å². The molecule has 0 saturated heterocycles. The molecule has 52 heavy (non-hydrogen) atoms. The van der Waals surface area contributed by atoms with Crippen LogP contribution in [0, 0.1) is 11.8 Å². The molecule has 0 spiro atoms. The van der Waals surface area contributed by atoms with Crippen molar-refractivity contribution >= 4 is 11.9 Å². The van der Waals surface area contributed by atoms with Gasteiger partial charge in [-0.15, -0.1) is 5.92 Å². The van der Waals surface area contributed by atoms with E-state index in [4.69, 9.17) is 9.47 Å². The molecule has 6 heteroatoms. The SMILES string of the molecule is CCCCCC#CCCOC(=O)CCCCCCCN(CCCCO)CCCCCCCC(=O)OC(CCCCCCCC)CCCCCCCC. The van der Waals surface area contributed by atoms with Crippen LogP contribution in [0.15, 0.2) is 0 Å². The van der Waals surface area contributed by atoms with E-state index in [1.54, 1.807) is 0 Å².